The van der Waals surface area contributed by atoms with Crippen LogP contribution in [0.4, 0.5) is 19.0 Å². The van der Waals surface area contributed by atoms with Crippen molar-refractivity contribution in [3.63, 3.8) is 0 Å². The second kappa shape index (κ2) is 5.87. The van der Waals surface area contributed by atoms with Gasteiger partial charge in [0.15, 0.2) is 11.4 Å². The highest BCUT2D eigenvalue weighted by molar-refractivity contribution is 5.33. The van der Waals surface area contributed by atoms with E-state index in [1.807, 2.05) is 6.07 Å². The number of nitriles is 1. The Hall–Kier alpha value is -2.63. The second-order valence-electron chi connectivity index (χ2n) is 5.38. The maximum atomic E-state index is 12.7. The van der Waals surface area contributed by atoms with E-state index in [0.29, 0.717) is 31.2 Å². The highest BCUT2D eigenvalue weighted by Crippen LogP contribution is 2.30. The van der Waals surface area contributed by atoms with Gasteiger partial charge in [-0.25, -0.2) is 15.0 Å². The molecule has 0 aliphatic carbocycles. The van der Waals surface area contributed by atoms with E-state index in [1.165, 1.54) is 12.4 Å². The first-order valence-electron chi connectivity index (χ1n) is 7.05. The molecule has 0 aromatic carbocycles. The number of rotatable bonds is 3. The lowest BCUT2D eigenvalue weighted by Crippen LogP contribution is -2.26. The molecule has 9 heteroatoms. The quantitative estimate of drug-likeness (QED) is 0.937. The largest absolute Gasteiger partial charge is 0.434 e. The lowest BCUT2D eigenvalue weighted by atomic mass is 9.99. The van der Waals surface area contributed by atoms with Crippen LogP contribution in [-0.2, 0) is 19.1 Å². The molecule has 1 aliphatic heterocycles. The van der Waals surface area contributed by atoms with E-state index in [1.54, 1.807) is 4.57 Å². The summed E-state index contributed by atoms with van der Waals surface area (Å²) in [5.41, 5.74) is -0.602. The van der Waals surface area contributed by atoms with E-state index in [-0.39, 0.29) is 11.6 Å². The van der Waals surface area contributed by atoms with Gasteiger partial charge in [0, 0.05) is 25.7 Å². The average Bonchev–Trinajstić information content (AvgIpc) is 2.97. The number of hydrogen-bond donors (Lipinski definition) is 1. The van der Waals surface area contributed by atoms with Gasteiger partial charge in [0.05, 0.1) is 12.4 Å². The molecule has 0 saturated heterocycles. The third-order valence-electron chi connectivity index (χ3n) is 3.72. The zero-order chi connectivity index (χ0) is 16.4. The van der Waals surface area contributed by atoms with Crippen molar-refractivity contribution in [3.8, 4) is 6.07 Å². The summed E-state index contributed by atoms with van der Waals surface area (Å²) in [6, 6.07) is 1.88. The third-order valence-corrected chi connectivity index (χ3v) is 3.72. The van der Waals surface area contributed by atoms with Gasteiger partial charge >= 0.3 is 6.18 Å². The zero-order valence-electron chi connectivity index (χ0n) is 12.0. The van der Waals surface area contributed by atoms with Gasteiger partial charge in [-0.05, 0) is 12.3 Å². The van der Waals surface area contributed by atoms with Gasteiger partial charge in [0.2, 0.25) is 0 Å². The highest BCUT2D eigenvalue weighted by Gasteiger charge is 2.35. The van der Waals surface area contributed by atoms with Crippen molar-refractivity contribution in [2.45, 2.75) is 25.6 Å². The van der Waals surface area contributed by atoms with Crippen molar-refractivity contribution in [2.24, 2.45) is 5.92 Å². The molecule has 120 valence electrons. The van der Waals surface area contributed by atoms with Gasteiger partial charge in [-0.15, -0.1) is 0 Å². The molecule has 2 aromatic rings. The van der Waals surface area contributed by atoms with Gasteiger partial charge in [-0.2, -0.15) is 18.4 Å². The van der Waals surface area contributed by atoms with Crippen LogP contribution < -0.4 is 5.32 Å². The van der Waals surface area contributed by atoms with E-state index in [0.717, 1.165) is 12.6 Å². The molecule has 0 radical (unpaired) electrons. The van der Waals surface area contributed by atoms with Crippen LogP contribution in [0.25, 0.3) is 0 Å². The Morgan fingerprint density at radius 2 is 2.17 bits per heavy atom. The number of aromatic nitrogens is 4. The lowest BCUT2D eigenvalue weighted by molar-refractivity contribution is -0.141. The van der Waals surface area contributed by atoms with Crippen LogP contribution in [-0.4, -0.2) is 26.1 Å². The number of aryl methyl sites for hydroxylation is 1. The molecule has 0 spiro atoms. The van der Waals surface area contributed by atoms with Crippen molar-refractivity contribution in [1.82, 2.24) is 19.5 Å². The molecule has 23 heavy (non-hydrogen) atoms. The minimum absolute atomic E-state index is 0.176. The van der Waals surface area contributed by atoms with Gasteiger partial charge in [0.1, 0.15) is 17.7 Å². The minimum Gasteiger partial charge on any atom is -0.368 e. The molecule has 1 aliphatic rings. The maximum absolute atomic E-state index is 12.7. The average molecular weight is 322 g/mol. The number of anilines is 1. The number of halogens is 3. The molecule has 0 fully saturated rings. The summed E-state index contributed by atoms with van der Waals surface area (Å²) in [6.45, 7) is 1.05. The molecular weight excluding hydrogens is 309 g/mol. The number of alkyl halides is 3. The third kappa shape index (κ3) is 3.41. The van der Waals surface area contributed by atoms with Crippen LogP contribution in [0.2, 0.25) is 0 Å². The Kier molecular flexibility index (Phi) is 3.90. The zero-order valence-corrected chi connectivity index (χ0v) is 12.0. The Labute approximate surface area is 130 Å². The minimum atomic E-state index is -4.41. The monoisotopic (exact) mass is 322 g/mol. The van der Waals surface area contributed by atoms with Crippen LogP contribution >= 0.6 is 0 Å². The van der Waals surface area contributed by atoms with Crippen molar-refractivity contribution < 1.29 is 13.2 Å². The first kappa shape index (κ1) is 15.3. The molecule has 0 saturated carbocycles. The van der Waals surface area contributed by atoms with Gasteiger partial charge < -0.3 is 9.88 Å². The fourth-order valence-electron chi connectivity index (χ4n) is 2.54. The van der Waals surface area contributed by atoms with Crippen LogP contribution in [0.1, 0.15) is 23.6 Å². The van der Waals surface area contributed by atoms with E-state index < -0.39 is 11.9 Å². The number of nitrogens with zero attached hydrogens (tertiary/aromatic N) is 5. The van der Waals surface area contributed by atoms with Crippen molar-refractivity contribution in [3.05, 3.63) is 35.8 Å². The number of nitrogens with one attached hydrogen (secondary N) is 1. The summed E-state index contributed by atoms with van der Waals surface area (Å²) in [6.07, 6.45) is 0.768. The normalized spacial score (nSPS) is 17.4. The molecule has 0 amide bonds. The Morgan fingerprint density at radius 1 is 1.35 bits per heavy atom. The number of hydrogen-bond acceptors (Lipinski definition) is 5. The van der Waals surface area contributed by atoms with Gasteiger partial charge in [-0.1, -0.05) is 0 Å². The van der Waals surface area contributed by atoms with E-state index in [9.17, 15) is 13.2 Å². The second-order valence-corrected chi connectivity index (χ2v) is 5.38. The first-order chi connectivity index (χ1) is 11.0. The molecule has 1 N–H and O–H groups in total. The smallest absolute Gasteiger partial charge is 0.368 e. The summed E-state index contributed by atoms with van der Waals surface area (Å²) < 4.78 is 39.6. The van der Waals surface area contributed by atoms with Crippen LogP contribution in [0.5, 0.6) is 0 Å². The predicted molar refractivity (Wildman–Crippen MR) is 74.3 cm³/mol. The molecule has 1 atom stereocenters. The topological polar surface area (TPSA) is 79.4 Å². The van der Waals surface area contributed by atoms with Crippen LogP contribution in [0.3, 0.4) is 0 Å². The summed E-state index contributed by atoms with van der Waals surface area (Å²) in [7, 11) is 0. The lowest BCUT2D eigenvalue weighted by Gasteiger charge is -2.24. The Bertz CT molecular complexity index is 728. The predicted octanol–water partition coefficient (Wildman–Crippen LogP) is 2.24. The van der Waals surface area contributed by atoms with Gasteiger partial charge in [-0.3, -0.25) is 0 Å². The Morgan fingerprint density at radius 3 is 2.83 bits per heavy atom. The molecule has 0 unspecified atom stereocenters. The summed E-state index contributed by atoms with van der Waals surface area (Å²) in [4.78, 5) is 11.6. The fourth-order valence-corrected chi connectivity index (χ4v) is 2.54. The summed E-state index contributed by atoms with van der Waals surface area (Å²) in [5, 5.41) is 11.7. The Balaban J connectivity index is 1.61. The number of imidazole rings is 1. The molecule has 3 rings (SSSR count). The van der Waals surface area contributed by atoms with Crippen LogP contribution in [0, 0.1) is 17.2 Å². The number of fused-ring (bicyclic) bond motifs is 1. The fraction of sp³-hybridized carbons (Fsp3) is 0.429. The van der Waals surface area contributed by atoms with Crippen molar-refractivity contribution in [2.75, 3.05) is 11.9 Å². The molecule has 3 heterocycles. The van der Waals surface area contributed by atoms with Crippen molar-refractivity contribution >= 4 is 5.82 Å². The SMILES string of the molecule is N#Cc1cnc(NC[C@H]2CCc3nc(C(F)(F)F)cn3C2)cn1. The molecule has 0 bridgehead atoms. The molecular formula is C14H13F3N6. The summed E-state index contributed by atoms with van der Waals surface area (Å²) >= 11 is 0. The van der Waals surface area contributed by atoms with Crippen LogP contribution in [0.15, 0.2) is 18.6 Å². The van der Waals surface area contributed by atoms with E-state index in [4.69, 9.17) is 5.26 Å². The maximum Gasteiger partial charge on any atom is 0.434 e. The molecule has 6 nitrogen and oxygen atoms in total. The standard InChI is InChI=1S/C14H13F3N6/c15-14(16,17)11-8-23-7-9(1-2-13(23)22-11)4-20-12-6-19-10(3-18)5-21-12/h5-6,8-9H,1-2,4,7H2,(H,20,21)/t9-/m1/s1. The molecule has 2 aromatic heterocycles. The van der Waals surface area contributed by atoms with E-state index in [2.05, 4.69) is 20.3 Å². The highest BCUT2D eigenvalue weighted by atomic mass is 19.4. The van der Waals surface area contributed by atoms with Gasteiger partial charge in [0.25, 0.3) is 0 Å². The van der Waals surface area contributed by atoms with E-state index >= 15 is 0 Å². The summed E-state index contributed by atoms with van der Waals surface area (Å²) in [5.74, 6) is 1.19. The first-order valence-corrected chi connectivity index (χ1v) is 7.05. The van der Waals surface area contributed by atoms with Crippen molar-refractivity contribution in [1.29, 1.82) is 5.26 Å².